The molecule has 0 unspecified atom stereocenters. The molecule has 3 nitrogen and oxygen atoms in total. The lowest BCUT2D eigenvalue weighted by Gasteiger charge is -2.11. The van der Waals surface area contributed by atoms with E-state index in [1.54, 1.807) is 6.08 Å². The van der Waals surface area contributed by atoms with Crippen LogP contribution >= 0.6 is 0 Å². The van der Waals surface area contributed by atoms with Crippen LogP contribution in [0.1, 0.15) is 5.56 Å². The van der Waals surface area contributed by atoms with Gasteiger partial charge in [-0.1, -0.05) is 12.1 Å². The zero-order valence-electron chi connectivity index (χ0n) is 9.23. The van der Waals surface area contributed by atoms with Crippen LogP contribution in [0.25, 0.3) is 6.08 Å². The Labute approximate surface area is 90.0 Å². The van der Waals surface area contributed by atoms with E-state index in [2.05, 4.69) is 4.74 Å². The maximum Gasteiger partial charge on any atom is 0.330 e. The van der Waals surface area contributed by atoms with Crippen molar-refractivity contribution in [1.29, 1.82) is 0 Å². The van der Waals surface area contributed by atoms with Crippen LogP contribution < -0.4 is 4.90 Å². The predicted octanol–water partition coefficient (Wildman–Crippen LogP) is 1.94. The summed E-state index contributed by atoms with van der Waals surface area (Å²) in [6.45, 7) is 0. The second-order valence-corrected chi connectivity index (χ2v) is 3.34. The van der Waals surface area contributed by atoms with Crippen molar-refractivity contribution < 1.29 is 9.53 Å². The van der Waals surface area contributed by atoms with E-state index in [0.29, 0.717) is 0 Å². The normalized spacial score (nSPS) is 10.3. The summed E-state index contributed by atoms with van der Waals surface area (Å²) in [5.41, 5.74) is 2.11. The summed E-state index contributed by atoms with van der Waals surface area (Å²) in [4.78, 5) is 12.9. The van der Waals surface area contributed by atoms with Crippen molar-refractivity contribution >= 4 is 17.7 Å². The summed E-state index contributed by atoms with van der Waals surface area (Å²) in [5, 5.41) is 0. The van der Waals surface area contributed by atoms with Gasteiger partial charge in [-0.25, -0.2) is 4.79 Å². The molecule has 0 N–H and O–H groups in total. The van der Waals surface area contributed by atoms with Crippen molar-refractivity contribution in [1.82, 2.24) is 0 Å². The Hall–Kier alpha value is -1.77. The number of methoxy groups -OCH3 is 1. The zero-order chi connectivity index (χ0) is 11.3. The van der Waals surface area contributed by atoms with Crippen LogP contribution in [-0.4, -0.2) is 27.2 Å². The van der Waals surface area contributed by atoms with Gasteiger partial charge in [-0.15, -0.1) is 0 Å². The highest BCUT2D eigenvalue weighted by Gasteiger charge is 1.94. The molecule has 0 aliphatic heterocycles. The maximum atomic E-state index is 10.8. The number of rotatable bonds is 3. The van der Waals surface area contributed by atoms with Crippen molar-refractivity contribution in [3.8, 4) is 0 Å². The quantitative estimate of drug-likeness (QED) is 0.558. The van der Waals surface area contributed by atoms with Crippen molar-refractivity contribution in [3.05, 3.63) is 35.9 Å². The number of benzene rings is 1. The fourth-order valence-electron chi connectivity index (χ4n) is 1.12. The number of ether oxygens (including phenoxy) is 1. The number of carbonyl (C=O) groups excluding carboxylic acids is 1. The van der Waals surface area contributed by atoms with E-state index in [0.717, 1.165) is 11.3 Å². The molecule has 0 aromatic heterocycles. The van der Waals surface area contributed by atoms with Gasteiger partial charge in [0.05, 0.1) is 7.11 Å². The highest BCUT2D eigenvalue weighted by molar-refractivity contribution is 5.86. The molecular weight excluding hydrogens is 190 g/mol. The average molecular weight is 205 g/mol. The van der Waals surface area contributed by atoms with E-state index in [1.165, 1.54) is 13.2 Å². The minimum atomic E-state index is -0.341. The molecule has 0 spiro atoms. The number of esters is 1. The average Bonchev–Trinajstić information content (AvgIpc) is 2.26. The number of hydrogen-bond donors (Lipinski definition) is 0. The first-order valence-corrected chi connectivity index (χ1v) is 4.67. The molecule has 0 atom stereocenters. The highest BCUT2D eigenvalue weighted by Crippen LogP contribution is 2.12. The highest BCUT2D eigenvalue weighted by atomic mass is 16.5. The van der Waals surface area contributed by atoms with Crippen LogP contribution in [0.5, 0.6) is 0 Å². The lowest BCUT2D eigenvalue weighted by molar-refractivity contribution is -0.134. The third kappa shape index (κ3) is 3.46. The van der Waals surface area contributed by atoms with Crippen molar-refractivity contribution in [3.63, 3.8) is 0 Å². The van der Waals surface area contributed by atoms with Crippen molar-refractivity contribution in [2.24, 2.45) is 0 Å². The van der Waals surface area contributed by atoms with Crippen LogP contribution in [0.15, 0.2) is 30.3 Å². The van der Waals surface area contributed by atoms with Gasteiger partial charge in [-0.3, -0.25) is 0 Å². The molecule has 1 rings (SSSR count). The molecule has 1 aromatic carbocycles. The second kappa shape index (κ2) is 5.20. The van der Waals surface area contributed by atoms with E-state index in [1.807, 2.05) is 43.3 Å². The lowest BCUT2D eigenvalue weighted by Crippen LogP contribution is -2.07. The van der Waals surface area contributed by atoms with Gasteiger partial charge < -0.3 is 9.64 Å². The SMILES string of the molecule is COC(=O)C=Cc1ccc(N(C)C)cc1. The van der Waals surface area contributed by atoms with Gasteiger partial charge in [-0.2, -0.15) is 0 Å². The van der Waals surface area contributed by atoms with Crippen LogP contribution in [0, 0.1) is 0 Å². The third-order valence-electron chi connectivity index (χ3n) is 2.02. The van der Waals surface area contributed by atoms with E-state index < -0.39 is 0 Å². The molecule has 3 heteroatoms. The monoisotopic (exact) mass is 205 g/mol. The Morgan fingerprint density at radius 2 is 1.87 bits per heavy atom. The first kappa shape index (κ1) is 11.3. The lowest BCUT2D eigenvalue weighted by atomic mass is 10.2. The first-order chi connectivity index (χ1) is 7.13. The molecule has 1 aromatic rings. The summed E-state index contributed by atoms with van der Waals surface area (Å²) in [5.74, 6) is -0.341. The molecule has 0 saturated carbocycles. The molecule has 0 amide bonds. The molecule has 80 valence electrons. The van der Waals surface area contributed by atoms with Crippen LogP contribution in [0.4, 0.5) is 5.69 Å². The fraction of sp³-hybridized carbons (Fsp3) is 0.250. The molecule has 0 aliphatic rings. The van der Waals surface area contributed by atoms with E-state index in [-0.39, 0.29) is 5.97 Å². The minimum absolute atomic E-state index is 0.341. The Morgan fingerprint density at radius 3 is 2.33 bits per heavy atom. The van der Waals surface area contributed by atoms with Gasteiger partial charge in [0.15, 0.2) is 0 Å². The molecule has 0 bridgehead atoms. The smallest absolute Gasteiger partial charge is 0.330 e. The minimum Gasteiger partial charge on any atom is -0.466 e. The fourth-order valence-corrected chi connectivity index (χ4v) is 1.12. The van der Waals surface area contributed by atoms with E-state index in [4.69, 9.17) is 0 Å². The molecule has 0 heterocycles. The first-order valence-electron chi connectivity index (χ1n) is 4.67. The van der Waals surface area contributed by atoms with Gasteiger partial charge >= 0.3 is 5.97 Å². The number of nitrogens with zero attached hydrogens (tertiary/aromatic N) is 1. The topological polar surface area (TPSA) is 29.5 Å². The van der Waals surface area contributed by atoms with Gasteiger partial charge in [0.25, 0.3) is 0 Å². The Morgan fingerprint density at radius 1 is 1.27 bits per heavy atom. The third-order valence-corrected chi connectivity index (χ3v) is 2.02. The van der Waals surface area contributed by atoms with E-state index in [9.17, 15) is 4.79 Å². The Bertz CT molecular complexity index is 352. The predicted molar refractivity (Wildman–Crippen MR) is 61.8 cm³/mol. The summed E-state index contributed by atoms with van der Waals surface area (Å²) >= 11 is 0. The molecule has 0 fully saturated rings. The van der Waals surface area contributed by atoms with Crippen molar-refractivity contribution in [2.75, 3.05) is 26.1 Å². The molecule has 0 radical (unpaired) electrons. The molecule has 15 heavy (non-hydrogen) atoms. The largest absolute Gasteiger partial charge is 0.466 e. The Kier molecular flexibility index (Phi) is 3.92. The number of anilines is 1. The molecule has 0 saturated heterocycles. The number of carbonyl (C=O) groups is 1. The van der Waals surface area contributed by atoms with Gasteiger partial charge in [-0.05, 0) is 23.8 Å². The van der Waals surface area contributed by atoms with Gasteiger partial charge in [0.1, 0.15) is 0 Å². The summed E-state index contributed by atoms with van der Waals surface area (Å²) in [7, 11) is 5.33. The standard InChI is InChI=1S/C12H15NO2/c1-13(2)11-7-4-10(5-8-11)6-9-12(14)15-3/h4-9H,1-3H3. The van der Waals surface area contributed by atoms with Crippen LogP contribution in [-0.2, 0) is 9.53 Å². The summed E-state index contributed by atoms with van der Waals surface area (Å²) in [6, 6.07) is 7.90. The van der Waals surface area contributed by atoms with Gasteiger partial charge in [0.2, 0.25) is 0 Å². The van der Waals surface area contributed by atoms with Crippen molar-refractivity contribution in [2.45, 2.75) is 0 Å². The zero-order valence-corrected chi connectivity index (χ0v) is 9.23. The van der Waals surface area contributed by atoms with E-state index >= 15 is 0 Å². The maximum absolute atomic E-state index is 10.8. The summed E-state index contributed by atoms with van der Waals surface area (Å²) in [6.07, 6.45) is 3.13. The van der Waals surface area contributed by atoms with Gasteiger partial charge in [0, 0.05) is 25.9 Å². The molecule has 0 aliphatic carbocycles. The van der Waals surface area contributed by atoms with Crippen LogP contribution in [0.3, 0.4) is 0 Å². The number of hydrogen-bond acceptors (Lipinski definition) is 3. The Balaban J connectivity index is 2.72. The summed E-state index contributed by atoms with van der Waals surface area (Å²) < 4.78 is 4.50. The van der Waals surface area contributed by atoms with Crippen LogP contribution in [0.2, 0.25) is 0 Å². The molecular formula is C12H15NO2. The second-order valence-electron chi connectivity index (χ2n) is 3.34.